The smallest absolute Gasteiger partial charge is 0.313 e. The van der Waals surface area contributed by atoms with Gasteiger partial charge in [-0.15, -0.1) is 0 Å². The SMILES string of the molecule is O=C1CC(C2CC(=O)OC(=O)C2)CC(=O)O1. The molecule has 0 atom stereocenters. The summed E-state index contributed by atoms with van der Waals surface area (Å²) in [6.45, 7) is 0. The van der Waals surface area contributed by atoms with Gasteiger partial charge in [0, 0.05) is 25.7 Å². The van der Waals surface area contributed by atoms with Gasteiger partial charge < -0.3 is 9.47 Å². The predicted molar refractivity (Wildman–Crippen MR) is 47.6 cm³/mol. The molecule has 0 bridgehead atoms. The lowest BCUT2D eigenvalue weighted by Crippen LogP contribution is -2.35. The summed E-state index contributed by atoms with van der Waals surface area (Å²) in [7, 11) is 0. The molecular weight excluding hydrogens is 216 g/mol. The molecule has 16 heavy (non-hydrogen) atoms. The molecule has 0 amide bonds. The van der Waals surface area contributed by atoms with Crippen LogP contribution < -0.4 is 0 Å². The minimum absolute atomic E-state index is 0.0803. The Kier molecular flexibility index (Phi) is 2.72. The molecule has 6 nitrogen and oxygen atoms in total. The van der Waals surface area contributed by atoms with Gasteiger partial charge in [0.05, 0.1) is 0 Å². The van der Waals surface area contributed by atoms with E-state index in [1.807, 2.05) is 0 Å². The van der Waals surface area contributed by atoms with E-state index in [0.717, 1.165) is 0 Å². The van der Waals surface area contributed by atoms with Gasteiger partial charge in [0.25, 0.3) is 0 Å². The summed E-state index contributed by atoms with van der Waals surface area (Å²) >= 11 is 0. The van der Waals surface area contributed by atoms with E-state index >= 15 is 0 Å². The second-order valence-corrected chi connectivity index (χ2v) is 4.03. The summed E-state index contributed by atoms with van der Waals surface area (Å²) in [6, 6.07) is 0. The van der Waals surface area contributed by atoms with E-state index in [9.17, 15) is 19.2 Å². The number of hydrogen-bond acceptors (Lipinski definition) is 6. The van der Waals surface area contributed by atoms with Crippen molar-refractivity contribution < 1.29 is 28.7 Å². The van der Waals surface area contributed by atoms with E-state index in [1.165, 1.54) is 0 Å². The molecule has 0 spiro atoms. The average molecular weight is 226 g/mol. The normalized spacial score (nSPS) is 24.2. The van der Waals surface area contributed by atoms with Crippen molar-refractivity contribution in [2.75, 3.05) is 0 Å². The molecule has 2 fully saturated rings. The molecule has 2 aliphatic heterocycles. The van der Waals surface area contributed by atoms with Crippen molar-refractivity contribution in [3.8, 4) is 0 Å². The summed E-state index contributed by atoms with van der Waals surface area (Å²) in [5, 5.41) is 0. The Morgan fingerprint density at radius 3 is 1.12 bits per heavy atom. The number of esters is 4. The Hall–Kier alpha value is -1.72. The number of ether oxygens (including phenoxy) is 2. The van der Waals surface area contributed by atoms with Gasteiger partial charge in [-0.05, 0) is 11.8 Å². The van der Waals surface area contributed by atoms with Gasteiger partial charge in [-0.1, -0.05) is 0 Å². The maximum atomic E-state index is 11.0. The maximum absolute atomic E-state index is 11.0. The predicted octanol–water partition coefficient (Wildman–Crippen LogP) is -0.0540. The van der Waals surface area contributed by atoms with E-state index in [2.05, 4.69) is 9.47 Å². The van der Waals surface area contributed by atoms with Crippen LogP contribution in [0.3, 0.4) is 0 Å². The maximum Gasteiger partial charge on any atom is 0.313 e. The van der Waals surface area contributed by atoms with Gasteiger partial charge in [-0.3, -0.25) is 19.2 Å². The lowest BCUT2D eigenvalue weighted by atomic mass is 9.80. The van der Waals surface area contributed by atoms with Crippen molar-refractivity contribution in [1.82, 2.24) is 0 Å². The first kappa shape index (κ1) is 10.8. The Morgan fingerprint density at radius 1 is 0.625 bits per heavy atom. The molecule has 0 unspecified atom stereocenters. The molecule has 86 valence electrons. The quantitative estimate of drug-likeness (QED) is 0.460. The molecular formula is C10H10O6. The van der Waals surface area contributed by atoms with E-state index < -0.39 is 23.9 Å². The van der Waals surface area contributed by atoms with Gasteiger partial charge in [0.1, 0.15) is 0 Å². The Balaban J connectivity index is 2.06. The number of rotatable bonds is 1. The highest BCUT2D eigenvalue weighted by molar-refractivity contribution is 5.90. The Labute approximate surface area is 90.9 Å². The fourth-order valence-corrected chi connectivity index (χ4v) is 2.09. The van der Waals surface area contributed by atoms with Crippen molar-refractivity contribution in [2.24, 2.45) is 11.8 Å². The highest BCUT2D eigenvalue weighted by atomic mass is 16.6. The van der Waals surface area contributed by atoms with E-state index in [0.29, 0.717) is 0 Å². The summed E-state index contributed by atoms with van der Waals surface area (Å²) in [5.74, 6) is -2.93. The van der Waals surface area contributed by atoms with Crippen LogP contribution >= 0.6 is 0 Å². The van der Waals surface area contributed by atoms with Crippen LogP contribution in [0, 0.1) is 11.8 Å². The van der Waals surface area contributed by atoms with E-state index in [4.69, 9.17) is 0 Å². The zero-order chi connectivity index (χ0) is 11.7. The molecule has 0 aromatic heterocycles. The molecule has 0 aromatic rings. The van der Waals surface area contributed by atoms with Crippen LogP contribution in [0.2, 0.25) is 0 Å². The first-order valence-corrected chi connectivity index (χ1v) is 5.01. The van der Waals surface area contributed by atoms with Crippen LogP contribution in [0.1, 0.15) is 25.7 Å². The largest absolute Gasteiger partial charge is 0.393 e. The Morgan fingerprint density at radius 2 is 0.875 bits per heavy atom. The van der Waals surface area contributed by atoms with Crippen LogP contribution in [-0.4, -0.2) is 23.9 Å². The first-order chi connectivity index (χ1) is 7.54. The molecule has 6 heteroatoms. The third-order valence-electron chi connectivity index (χ3n) is 2.84. The van der Waals surface area contributed by atoms with Crippen molar-refractivity contribution in [1.29, 1.82) is 0 Å². The molecule has 0 saturated carbocycles. The van der Waals surface area contributed by atoms with Gasteiger partial charge in [-0.2, -0.15) is 0 Å². The summed E-state index contributed by atoms with van der Waals surface area (Å²) < 4.78 is 8.76. The molecule has 0 N–H and O–H groups in total. The van der Waals surface area contributed by atoms with E-state index in [1.54, 1.807) is 0 Å². The molecule has 0 aromatic carbocycles. The minimum Gasteiger partial charge on any atom is -0.393 e. The topological polar surface area (TPSA) is 86.7 Å². The third kappa shape index (κ3) is 2.26. The molecule has 2 heterocycles. The van der Waals surface area contributed by atoms with Crippen LogP contribution in [0.4, 0.5) is 0 Å². The Bertz CT molecular complexity index is 304. The summed E-state index contributed by atoms with van der Waals surface area (Å²) in [6.07, 6.45) is 0.321. The monoisotopic (exact) mass is 226 g/mol. The van der Waals surface area contributed by atoms with Crippen molar-refractivity contribution in [3.63, 3.8) is 0 Å². The molecule has 2 rings (SSSR count). The highest BCUT2D eigenvalue weighted by Crippen LogP contribution is 2.32. The fraction of sp³-hybridized carbons (Fsp3) is 0.600. The number of carbonyl (C=O) groups excluding carboxylic acids is 4. The molecule has 2 saturated heterocycles. The zero-order valence-electron chi connectivity index (χ0n) is 8.43. The second-order valence-electron chi connectivity index (χ2n) is 4.03. The molecule has 0 radical (unpaired) electrons. The van der Waals surface area contributed by atoms with Gasteiger partial charge >= 0.3 is 23.9 Å². The lowest BCUT2D eigenvalue weighted by molar-refractivity contribution is -0.173. The van der Waals surface area contributed by atoms with Crippen molar-refractivity contribution in [3.05, 3.63) is 0 Å². The van der Waals surface area contributed by atoms with Gasteiger partial charge in [0.2, 0.25) is 0 Å². The molecule has 2 aliphatic rings. The van der Waals surface area contributed by atoms with Crippen molar-refractivity contribution >= 4 is 23.9 Å². The van der Waals surface area contributed by atoms with Gasteiger partial charge in [-0.25, -0.2) is 0 Å². The van der Waals surface area contributed by atoms with E-state index in [-0.39, 0.29) is 37.5 Å². The zero-order valence-corrected chi connectivity index (χ0v) is 8.43. The second kappa shape index (κ2) is 4.03. The number of hydrogen-bond donors (Lipinski definition) is 0. The van der Waals surface area contributed by atoms with Crippen LogP contribution in [-0.2, 0) is 28.7 Å². The van der Waals surface area contributed by atoms with Crippen LogP contribution in [0.15, 0.2) is 0 Å². The average Bonchev–Trinajstić information content (AvgIpc) is 2.14. The minimum atomic E-state index is -0.590. The van der Waals surface area contributed by atoms with Crippen LogP contribution in [0.5, 0.6) is 0 Å². The number of carbonyl (C=O) groups is 4. The summed E-state index contributed by atoms with van der Waals surface area (Å²) in [4.78, 5) is 44.2. The lowest BCUT2D eigenvalue weighted by Gasteiger charge is -2.29. The number of cyclic esters (lactones) is 4. The van der Waals surface area contributed by atoms with Gasteiger partial charge in [0.15, 0.2) is 0 Å². The van der Waals surface area contributed by atoms with Crippen LogP contribution in [0.25, 0.3) is 0 Å². The fourth-order valence-electron chi connectivity index (χ4n) is 2.09. The first-order valence-electron chi connectivity index (χ1n) is 5.01. The third-order valence-corrected chi connectivity index (χ3v) is 2.84. The molecule has 0 aliphatic carbocycles. The van der Waals surface area contributed by atoms with Crippen molar-refractivity contribution in [2.45, 2.75) is 25.7 Å². The highest BCUT2D eigenvalue weighted by Gasteiger charge is 2.38. The standard InChI is InChI=1S/C10H10O6/c11-7-1-5(2-8(12)15-7)6-3-9(13)16-10(14)4-6/h5-6H,1-4H2. The summed E-state index contributed by atoms with van der Waals surface area (Å²) in [5.41, 5.74) is 0.